The topological polar surface area (TPSA) is 60.3 Å². The summed E-state index contributed by atoms with van der Waals surface area (Å²) in [7, 11) is 0. The van der Waals surface area contributed by atoms with Crippen LogP contribution in [0, 0.1) is 0 Å². The van der Waals surface area contributed by atoms with E-state index in [1.807, 2.05) is 0 Å². The van der Waals surface area contributed by atoms with Crippen molar-refractivity contribution in [3.05, 3.63) is 0 Å². The Bertz CT molecular complexity index is 168. The van der Waals surface area contributed by atoms with Gasteiger partial charge in [0.05, 0.1) is 6.42 Å². The van der Waals surface area contributed by atoms with Crippen LogP contribution in [0.3, 0.4) is 0 Å². The normalized spacial score (nSPS) is 23.4. The zero-order chi connectivity index (χ0) is 7.78. The largest absolute Gasteiger partial charge is 0.344 e. The highest BCUT2D eigenvalue weighted by atomic mass is 16.2. The molecular weight excluding hydrogens is 132 g/mol. The van der Waals surface area contributed by atoms with Gasteiger partial charge in [-0.25, -0.2) is 4.79 Å². The van der Waals surface area contributed by atoms with Gasteiger partial charge >= 0.3 is 6.03 Å². The average molecular weight is 141 g/mol. The lowest BCUT2D eigenvalue weighted by Crippen LogP contribution is -2.54. The standard InChI is InChI=1S/C6H9N2O2/c1-6(2)3-4(9)7-5(10)8-6/h3H2,1-2H3,(H,8,10). The number of nitrogens with zero attached hydrogens (tertiary/aromatic N) is 1. The van der Waals surface area contributed by atoms with Crippen LogP contribution in [-0.2, 0) is 4.79 Å². The van der Waals surface area contributed by atoms with Crippen molar-refractivity contribution in [2.75, 3.05) is 0 Å². The molecule has 1 fully saturated rings. The summed E-state index contributed by atoms with van der Waals surface area (Å²) in [6.07, 6.45) is 0.290. The molecule has 0 atom stereocenters. The van der Waals surface area contributed by atoms with Crippen LogP contribution in [-0.4, -0.2) is 17.5 Å². The van der Waals surface area contributed by atoms with Gasteiger partial charge in [0.1, 0.15) is 0 Å². The first-order valence-electron chi connectivity index (χ1n) is 3.06. The maximum absolute atomic E-state index is 10.7. The monoisotopic (exact) mass is 141 g/mol. The van der Waals surface area contributed by atoms with Crippen molar-refractivity contribution in [3.63, 3.8) is 0 Å². The Kier molecular flexibility index (Phi) is 1.39. The predicted octanol–water partition coefficient (Wildman–Crippen LogP) is 0.00930. The average Bonchev–Trinajstić information content (AvgIpc) is 1.54. The summed E-state index contributed by atoms with van der Waals surface area (Å²) in [4.78, 5) is 21.3. The highest BCUT2D eigenvalue weighted by molar-refractivity contribution is 5.97. The van der Waals surface area contributed by atoms with Crippen LogP contribution in [0.2, 0.25) is 0 Å². The molecule has 0 aromatic heterocycles. The maximum Gasteiger partial charge on any atom is 0.344 e. The van der Waals surface area contributed by atoms with Crippen LogP contribution >= 0.6 is 0 Å². The fourth-order valence-electron chi connectivity index (χ4n) is 0.892. The zero-order valence-electron chi connectivity index (χ0n) is 5.97. The van der Waals surface area contributed by atoms with Gasteiger partial charge in [-0.05, 0) is 13.8 Å². The SMILES string of the molecule is CC1(C)CC(=O)[N]C(=O)N1. The Labute approximate surface area is 59.0 Å². The lowest BCUT2D eigenvalue weighted by atomic mass is 9.99. The highest BCUT2D eigenvalue weighted by Crippen LogP contribution is 2.11. The second kappa shape index (κ2) is 1.97. The molecule has 55 valence electrons. The Hall–Kier alpha value is -1.06. The van der Waals surface area contributed by atoms with E-state index in [0.717, 1.165) is 0 Å². The van der Waals surface area contributed by atoms with Gasteiger partial charge in [0.25, 0.3) is 5.91 Å². The van der Waals surface area contributed by atoms with E-state index in [9.17, 15) is 9.59 Å². The third-order valence-corrected chi connectivity index (χ3v) is 1.26. The first-order chi connectivity index (χ1) is 4.49. The van der Waals surface area contributed by atoms with Gasteiger partial charge in [-0.15, -0.1) is 0 Å². The van der Waals surface area contributed by atoms with E-state index in [1.54, 1.807) is 13.8 Å². The van der Waals surface area contributed by atoms with E-state index in [0.29, 0.717) is 6.42 Å². The van der Waals surface area contributed by atoms with E-state index in [-0.39, 0.29) is 5.91 Å². The van der Waals surface area contributed by atoms with Gasteiger partial charge in [-0.2, -0.15) is 5.32 Å². The molecule has 0 saturated carbocycles. The molecule has 3 amide bonds. The highest BCUT2D eigenvalue weighted by Gasteiger charge is 2.31. The predicted molar refractivity (Wildman–Crippen MR) is 34.4 cm³/mol. The summed E-state index contributed by atoms with van der Waals surface area (Å²) in [6.45, 7) is 3.58. The van der Waals surface area contributed by atoms with Crippen molar-refractivity contribution >= 4 is 11.9 Å². The second-order valence-corrected chi connectivity index (χ2v) is 3.00. The van der Waals surface area contributed by atoms with Gasteiger partial charge in [-0.1, -0.05) is 0 Å². The lowest BCUT2D eigenvalue weighted by molar-refractivity contribution is -0.122. The molecule has 1 heterocycles. The summed E-state index contributed by atoms with van der Waals surface area (Å²) in [5.74, 6) is -0.339. The van der Waals surface area contributed by atoms with Crippen molar-refractivity contribution < 1.29 is 9.59 Å². The first kappa shape index (κ1) is 7.05. The fourth-order valence-corrected chi connectivity index (χ4v) is 0.892. The van der Waals surface area contributed by atoms with Crippen molar-refractivity contribution in [2.24, 2.45) is 0 Å². The minimum atomic E-state index is -0.527. The quantitative estimate of drug-likeness (QED) is 0.516. The number of hydrogen-bond acceptors (Lipinski definition) is 2. The Morgan fingerprint density at radius 3 is 2.50 bits per heavy atom. The number of amides is 3. The summed E-state index contributed by atoms with van der Waals surface area (Å²) in [6, 6.07) is -0.527. The molecule has 1 aliphatic rings. The molecule has 10 heavy (non-hydrogen) atoms. The van der Waals surface area contributed by atoms with E-state index in [1.165, 1.54) is 0 Å². The molecular formula is C6H9N2O2. The van der Waals surface area contributed by atoms with Crippen molar-refractivity contribution in [1.82, 2.24) is 10.6 Å². The Balaban J connectivity index is 2.68. The molecule has 0 unspecified atom stereocenters. The van der Waals surface area contributed by atoms with E-state index in [4.69, 9.17) is 0 Å². The first-order valence-corrected chi connectivity index (χ1v) is 3.06. The van der Waals surface area contributed by atoms with Crippen LogP contribution in [0.15, 0.2) is 0 Å². The fraction of sp³-hybridized carbons (Fsp3) is 0.667. The van der Waals surface area contributed by atoms with E-state index >= 15 is 0 Å². The number of nitrogens with one attached hydrogen (secondary N) is 1. The minimum Gasteiger partial charge on any atom is -0.331 e. The van der Waals surface area contributed by atoms with Crippen molar-refractivity contribution in [2.45, 2.75) is 25.8 Å². The molecule has 0 bridgehead atoms. The molecule has 1 N–H and O–H groups in total. The molecule has 4 heteroatoms. The van der Waals surface area contributed by atoms with Crippen molar-refractivity contribution in [1.29, 1.82) is 0 Å². The molecule has 0 aromatic rings. The van der Waals surface area contributed by atoms with Crippen LogP contribution < -0.4 is 10.6 Å². The molecule has 0 spiro atoms. The summed E-state index contributed by atoms with van der Waals surface area (Å²) in [5, 5.41) is 5.75. The summed E-state index contributed by atoms with van der Waals surface area (Å²) < 4.78 is 0. The van der Waals surface area contributed by atoms with Gasteiger partial charge in [0.2, 0.25) is 0 Å². The molecule has 1 aliphatic heterocycles. The van der Waals surface area contributed by atoms with Gasteiger partial charge < -0.3 is 5.32 Å². The van der Waals surface area contributed by atoms with Gasteiger partial charge in [0, 0.05) is 5.54 Å². The number of carbonyl (C=O) groups excluding carboxylic acids is 2. The third kappa shape index (κ3) is 1.46. The maximum atomic E-state index is 10.7. The van der Waals surface area contributed by atoms with Gasteiger partial charge in [0.15, 0.2) is 0 Å². The van der Waals surface area contributed by atoms with Crippen LogP contribution in [0.4, 0.5) is 4.79 Å². The summed E-state index contributed by atoms with van der Waals surface area (Å²) in [5.41, 5.74) is -0.421. The number of urea groups is 1. The minimum absolute atomic E-state index is 0.290. The van der Waals surface area contributed by atoms with Crippen molar-refractivity contribution in [3.8, 4) is 0 Å². The Morgan fingerprint density at radius 1 is 1.50 bits per heavy atom. The number of imide groups is 1. The molecule has 1 rings (SSSR count). The molecule has 1 radical (unpaired) electrons. The summed E-state index contributed by atoms with van der Waals surface area (Å²) >= 11 is 0. The second-order valence-electron chi connectivity index (χ2n) is 3.00. The Morgan fingerprint density at radius 2 is 2.10 bits per heavy atom. The lowest BCUT2D eigenvalue weighted by Gasteiger charge is -2.28. The number of carbonyl (C=O) groups is 2. The van der Waals surface area contributed by atoms with Gasteiger partial charge in [-0.3, -0.25) is 4.79 Å². The molecule has 1 saturated heterocycles. The van der Waals surface area contributed by atoms with E-state index in [2.05, 4.69) is 10.6 Å². The zero-order valence-corrected chi connectivity index (χ0v) is 5.97. The molecule has 0 aromatic carbocycles. The number of rotatable bonds is 0. The van der Waals surface area contributed by atoms with Crippen LogP contribution in [0.5, 0.6) is 0 Å². The van der Waals surface area contributed by atoms with E-state index < -0.39 is 11.6 Å². The van der Waals surface area contributed by atoms with Crippen LogP contribution in [0.25, 0.3) is 0 Å². The van der Waals surface area contributed by atoms with Crippen LogP contribution in [0.1, 0.15) is 20.3 Å². The molecule has 0 aliphatic carbocycles. The molecule has 4 nitrogen and oxygen atoms in total. The third-order valence-electron chi connectivity index (χ3n) is 1.26. The number of hydrogen-bond donors (Lipinski definition) is 1. The smallest absolute Gasteiger partial charge is 0.331 e.